The Kier molecular flexibility index (Phi) is 7.74. The highest BCUT2D eigenvalue weighted by molar-refractivity contribution is 8.00. The minimum Gasteiger partial charge on any atom is -0.393 e. The van der Waals surface area contributed by atoms with Crippen LogP contribution in [0.5, 0.6) is 0 Å². The van der Waals surface area contributed by atoms with Crippen LogP contribution < -0.4 is 22.8 Å². The lowest BCUT2D eigenvalue weighted by atomic mass is 10.5. The molecule has 2 aromatic rings. The molecule has 6 N–H and O–H groups in total. The fourth-order valence-corrected chi connectivity index (χ4v) is 4.52. The van der Waals surface area contributed by atoms with E-state index in [1.807, 2.05) is 0 Å². The van der Waals surface area contributed by atoms with Crippen LogP contribution in [0.1, 0.15) is 12.5 Å². The van der Waals surface area contributed by atoms with Gasteiger partial charge in [0.1, 0.15) is 35.0 Å². The van der Waals surface area contributed by atoms with Gasteiger partial charge >= 0.3 is 11.4 Å². The summed E-state index contributed by atoms with van der Waals surface area (Å²) in [6.45, 7) is -0.114. The van der Waals surface area contributed by atoms with Gasteiger partial charge in [-0.1, -0.05) is 0 Å². The summed E-state index contributed by atoms with van der Waals surface area (Å²) in [7, 11) is 0. The summed E-state index contributed by atoms with van der Waals surface area (Å²) in [5, 5.41) is 17.8. The second kappa shape index (κ2) is 10.3. The Labute approximate surface area is 179 Å². The van der Waals surface area contributed by atoms with E-state index in [0.717, 1.165) is 0 Å². The van der Waals surface area contributed by atoms with Crippen LogP contribution in [0.25, 0.3) is 0 Å². The third kappa shape index (κ3) is 5.53. The molecule has 0 bridgehead atoms. The second-order valence-corrected chi connectivity index (χ2v) is 8.54. The van der Waals surface area contributed by atoms with Crippen molar-refractivity contribution in [2.45, 2.75) is 23.3 Å². The SMILES string of the molecule is Nc1ccn(C2CS[C@H](CO)O2)c(=O)n1.Nc1ccn([C@H]2CS[C@H](CO)O2)c(=O)n1. The highest BCUT2D eigenvalue weighted by atomic mass is 32.2. The molecule has 2 aliphatic heterocycles. The van der Waals surface area contributed by atoms with Gasteiger partial charge in [-0.15, -0.1) is 23.5 Å². The average molecular weight is 459 g/mol. The van der Waals surface area contributed by atoms with Gasteiger partial charge in [-0.2, -0.15) is 9.97 Å². The molecule has 0 amide bonds. The number of hydrogen-bond donors (Lipinski definition) is 4. The molecule has 1 unspecified atom stereocenters. The number of nitrogens with two attached hydrogens (primary N) is 2. The number of nitrogen functional groups attached to an aromatic ring is 2. The Morgan fingerprint density at radius 1 is 0.900 bits per heavy atom. The Bertz CT molecular complexity index is 894. The molecule has 2 saturated heterocycles. The zero-order valence-electron chi connectivity index (χ0n) is 15.7. The van der Waals surface area contributed by atoms with Crippen molar-refractivity contribution in [2.75, 3.05) is 36.2 Å². The molecule has 4 heterocycles. The topological polar surface area (TPSA) is 181 Å². The van der Waals surface area contributed by atoms with Gasteiger partial charge in [-0.25, -0.2) is 9.59 Å². The van der Waals surface area contributed by atoms with Crippen molar-refractivity contribution in [2.24, 2.45) is 0 Å². The molecule has 30 heavy (non-hydrogen) atoms. The van der Waals surface area contributed by atoms with Gasteiger partial charge in [-0.05, 0) is 12.1 Å². The van der Waals surface area contributed by atoms with Gasteiger partial charge in [0.05, 0.1) is 13.2 Å². The lowest BCUT2D eigenvalue weighted by Gasteiger charge is -2.13. The molecular weight excluding hydrogens is 436 g/mol. The maximum absolute atomic E-state index is 11.4. The molecule has 0 aliphatic carbocycles. The summed E-state index contributed by atoms with van der Waals surface area (Å²) in [5.74, 6) is 1.63. The predicted octanol–water partition coefficient (Wildman–Crippen LogP) is -1.19. The van der Waals surface area contributed by atoms with Crippen molar-refractivity contribution < 1.29 is 19.7 Å². The van der Waals surface area contributed by atoms with Crippen LogP contribution in [0.2, 0.25) is 0 Å². The Balaban J connectivity index is 0.000000171. The first kappa shape index (κ1) is 22.6. The second-order valence-electron chi connectivity index (χ2n) is 6.16. The van der Waals surface area contributed by atoms with Crippen molar-refractivity contribution >= 4 is 35.2 Å². The highest BCUT2D eigenvalue weighted by Gasteiger charge is 2.28. The summed E-state index contributed by atoms with van der Waals surface area (Å²) < 4.78 is 13.6. The number of aliphatic hydroxyl groups is 2. The fraction of sp³-hybridized carbons (Fsp3) is 0.500. The van der Waals surface area contributed by atoms with E-state index in [2.05, 4.69) is 9.97 Å². The van der Waals surface area contributed by atoms with Crippen molar-refractivity contribution in [3.8, 4) is 0 Å². The molecule has 0 aromatic carbocycles. The Morgan fingerprint density at radius 2 is 1.30 bits per heavy atom. The molecule has 14 heteroatoms. The monoisotopic (exact) mass is 458 g/mol. The van der Waals surface area contributed by atoms with E-state index in [1.54, 1.807) is 24.5 Å². The van der Waals surface area contributed by atoms with E-state index < -0.39 is 11.4 Å². The van der Waals surface area contributed by atoms with Crippen LogP contribution >= 0.6 is 23.5 Å². The molecule has 4 atom stereocenters. The van der Waals surface area contributed by atoms with Gasteiger partial charge in [0, 0.05) is 23.9 Å². The lowest BCUT2D eigenvalue weighted by molar-refractivity contribution is -0.00634. The number of ether oxygens (including phenoxy) is 2. The molecule has 0 saturated carbocycles. The first-order valence-electron chi connectivity index (χ1n) is 8.86. The summed E-state index contributed by atoms with van der Waals surface area (Å²) in [5.41, 5.74) is 9.35. The number of nitrogens with zero attached hydrogens (tertiary/aromatic N) is 4. The van der Waals surface area contributed by atoms with Crippen LogP contribution in [0.4, 0.5) is 11.6 Å². The minimum absolute atomic E-state index is 0.0572. The number of aliphatic hydroxyl groups excluding tert-OH is 2. The van der Waals surface area contributed by atoms with E-state index >= 15 is 0 Å². The van der Waals surface area contributed by atoms with Crippen LogP contribution in [-0.2, 0) is 9.47 Å². The van der Waals surface area contributed by atoms with Gasteiger partial charge in [0.25, 0.3) is 0 Å². The van der Waals surface area contributed by atoms with E-state index in [1.165, 1.54) is 32.7 Å². The largest absolute Gasteiger partial charge is 0.393 e. The molecule has 2 aromatic heterocycles. The number of rotatable bonds is 4. The Morgan fingerprint density at radius 3 is 1.60 bits per heavy atom. The van der Waals surface area contributed by atoms with E-state index in [-0.39, 0.29) is 48.2 Å². The van der Waals surface area contributed by atoms with Crippen LogP contribution in [0.15, 0.2) is 34.1 Å². The van der Waals surface area contributed by atoms with Crippen molar-refractivity contribution in [3.05, 3.63) is 45.5 Å². The van der Waals surface area contributed by atoms with E-state index in [9.17, 15) is 9.59 Å². The molecule has 4 rings (SSSR count). The number of anilines is 2. The number of thioether (sulfide) groups is 2. The normalized spacial score (nSPS) is 25.7. The highest BCUT2D eigenvalue weighted by Crippen LogP contribution is 2.31. The zero-order valence-corrected chi connectivity index (χ0v) is 17.4. The third-order valence-corrected chi connectivity index (χ3v) is 6.31. The first-order chi connectivity index (χ1) is 14.4. The van der Waals surface area contributed by atoms with Gasteiger partial charge in [0.2, 0.25) is 0 Å². The summed E-state index contributed by atoms with van der Waals surface area (Å²) in [4.78, 5) is 30.1. The standard InChI is InChI=1S/2C8H11N3O3S/c2*9-5-1-2-11(8(13)10-5)6-4-15-7(3-12)14-6/h2*1-2,6-7,12H,3-4H2,(H2,9,10,13)/t6?,7-;6-,7-/m11/s1. The lowest BCUT2D eigenvalue weighted by Crippen LogP contribution is -2.28. The molecule has 0 spiro atoms. The van der Waals surface area contributed by atoms with Gasteiger partial charge < -0.3 is 31.2 Å². The molecule has 2 aliphatic rings. The van der Waals surface area contributed by atoms with Crippen molar-refractivity contribution in [3.63, 3.8) is 0 Å². The maximum Gasteiger partial charge on any atom is 0.351 e. The van der Waals surface area contributed by atoms with Crippen molar-refractivity contribution in [1.82, 2.24) is 19.1 Å². The van der Waals surface area contributed by atoms with Crippen LogP contribution in [0, 0.1) is 0 Å². The fourth-order valence-electron chi connectivity index (χ4n) is 2.66. The average Bonchev–Trinajstić information content (AvgIpc) is 3.38. The smallest absolute Gasteiger partial charge is 0.351 e. The summed E-state index contributed by atoms with van der Waals surface area (Å²) >= 11 is 2.93. The Hall–Kier alpha value is -2.10. The minimum atomic E-state index is -0.431. The number of aromatic nitrogens is 4. The molecule has 2 fully saturated rings. The molecule has 12 nitrogen and oxygen atoms in total. The quantitative estimate of drug-likeness (QED) is 0.431. The van der Waals surface area contributed by atoms with Crippen LogP contribution in [-0.4, -0.2) is 64.9 Å². The molecule has 164 valence electrons. The predicted molar refractivity (Wildman–Crippen MR) is 113 cm³/mol. The van der Waals surface area contributed by atoms with Gasteiger partial charge in [0.15, 0.2) is 0 Å². The first-order valence-corrected chi connectivity index (χ1v) is 11.0. The van der Waals surface area contributed by atoms with Crippen molar-refractivity contribution in [1.29, 1.82) is 0 Å². The third-order valence-electron chi connectivity index (χ3n) is 4.09. The van der Waals surface area contributed by atoms with E-state index in [4.69, 9.17) is 31.2 Å². The van der Waals surface area contributed by atoms with Crippen LogP contribution in [0.3, 0.4) is 0 Å². The summed E-state index contributed by atoms with van der Waals surface area (Å²) in [6, 6.07) is 3.09. The van der Waals surface area contributed by atoms with E-state index in [0.29, 0.717) is 11.5 Å². The molecule has 0 radical (unpaired) electrons. The maximum atomic E-state index is 11.4. The molecular formula is C16H22N6O6S2. The zero-order chi connectivity index (χ0) is 21.7. The summed E-state index contributed by atoms with van der Waals surface area (Å²) in [6.07, 6.45) is 2.37. The number of hydrogen-bond acceptors (Lipinski definition) is 12. The van der Waals surface area contributed by atoms with Gasteiger partial charge in [-0.3, -0.25) is 9.13 Å².